The molecule has 0 unspecified atom stereocenters. The number of allylic oxidation sites excluding steroid dienone is 5. The van der Waals surface area contributed by atoms with E-state index in [-0.39, 0.29) is 5.41 Å². The fourth-order valence-electron chi connectivity index (χ4n) is 2.76. The average molecular weight is 350 g/mol. The van der Waals surface area contributed by atoms with Gasteiger partial charge in [0.1, 0.15) is 0 Å². The third-order valence-corrected chi connectivity index (χ3v) is 4.27. The quantitative estimate of drug-likeness (QED) is 0.619. The standard InChI is InChI=1S/C17H19I/c1-5-7-13-14-10-9-12(18)11-16(14)17(3,4)15(13)8-6-2/h5,7-11H,1,6H2,2-4H3/b13-7?,15-8+. The van der Waals surface area contributed by atoms with Gasteiger partial charge >= 0.3 is 0 Å². The molecule has 0 saturated carbocycles. The Morgan fingerprint density at radius 2 is 2.06 bits per heavy atom. The molecule has 1 aromatic rings. The molecule has 0 amide bonds. The van der Waals surface area contributed by atoms with Crippen LogP contribution in [0.4, 0.5) is 0 Å². The van der Waals surface area contributed by atoms with Crippen LogP contribution in [-0.4, -0.2) is 0 Å². The van der Waals surface area contributed by atoms with Gasteiger partial charge in [0.2, 0.25) is 0 Å². The average Bonchev–Trinajstić information content (AvgIpc) is 2.52. The number of hydrogen-bond acceptors (Lipinski definition) is 0. The van der Waals surface area contributed by atoms with Gasteiger partial charge in [-0.1, -0.05) is 51.6 Å². The van der Waals surface area contributed by atoms with Gasteiger partial charge in [-0.05, 0) is 63.4 Å². The van der Waals surface area contributed by atoms with Crippen LogP contribution in [0, 0.1) is 3.57 Å². The predicted octanol–water partition coefficient (Wildman–Crippen LogP) is 5.49. The second kappa shape index (κ2) is 5.04. The summed E-state index contributed by atoms with van der Waals surface area (Å²) in [6.07, 6.45) is 7.45. The van der Waals surface area contributed by atoms with E-state index in [1.807, 2.05) is 6.08 Å². The molecule has 1 aliphatic carbocycles. The van der Waals surface area contributed by atoms with Gasteiger partial charge in [0.05, 0.1) is 0 Å². The van der Waals surface area contributed by atoms with Crippen LogP contribution in [0.5, 0.6) is 0 Å². The second-order valence-electron chi connectivity index (χ2n) is 5.16. The Morgan fingerprint density at radius 1 is 1.33 bits per heavy atom. The van der Waals surface area contributed by atoms with E-state index in [1.165, 1.54) is 25.8 Å². The molecule has 0 N–H and O–H groups in total. The topological polar surface area (TPSA) is 0 Å². The summed E-state index contributed by atoms with van der Waals surface area (Å²) in [6, 6.07) is 6.73. The normalized spacial score (nSPS) is 21.3. The highest BCUT2D eigenvalue weighted by molar-refractivity contribution is 14.1. The Bertz CT molecular complexity index is 545. The number of fused-ring (bicyclic) bond motifs is 1. The first-order valence-electron chi connectivity index (χ1n) is 6.36. The van der Waals surface area contributed by atoms with E-state index in [2.05, 4.69) is 80.3 Å². The lowest BCUT2D eigenvalue weighted by Crippen LogP contribution is -2.15. The van der Waals surface area contributed by atoms with Crippen molar-refractivity contribution in [3.8, 4) is 0 Å². The van der Waals surface area contributed by atoms with E-state index in [0.717, 1.165) is 6.42 Å². The molecule has 0 fully saturated rings. The molecule has 0 spiro atoms. The first kappa shape index (κ1) is 13.6. The van der Waals surface area contributed by atoms with Gasteiger partial charge in [-0.25, -0.2) is 0 Å². The smallest absolute Gasteiger partial charge is 0.0156 e. The highest BCUT2D eigenvalue weighted by Gasteiger charge is 2.37. The van der Waals surface area contributed by atoms with E-state index in [4.69, 9.17) is 0 Å². The summed E-state index contributed by atoms with van der Waals surface area (Å²) >= 11 is 2.39. The molecule has 0 radical (unpaired) electrons. The van der Waals surface area contributed by atoms with Crippen molar-refractivity contribution in [3.05, 3.63) is 63.3 Å². The third-order valence-electron chi connectivity index (χ3n) is 3.60. The Hall–Kier alpha value is -0.830. The Balaban J connectivity index is 2.74. The summed E-state index contributed by atoms with van der Waals surface area (Å²) in [4.78, 5) is 0. The van der Waals surface area contributed by atoms with Crippen molar-refractivity contribution in [2.24, 2.45) is 0 Å². The van der Waals surface area contributed by atoms with E-state index < -0.39 is 0 Å². The maximum Gasteiger partial charge on any atom is 0.0156 e. The minimum Gasteiger partial charge on any atom is -0.0990 e. The van der Waals surface area contributed by atoms with Crippen LogP contribution < -0.4 is 0 Å². The van der Waals surface area contributed by atoms with Gasteiger partial charge in [0.15, 0.2) is 0 Å². The third kappa shape index (κ3) is 2.09. The van der Waals surface area contributed by atoms with Crippen LogP contribution in [0.3, 0.4) is 0 Å². The van der Waals surface area contributed by atoms with Gasteiger partial charge in [0.25, 0.3) is 0 Å². The molecule has 1 heteroatoms. The van der Waals surface area contributed by atoms with Crippen molar-refractivity contribution in [2.45, 2.75) is 32.6 Å². The van der Waals surface area contributed by atoms with Crippen LogP contribution in [-0.2, 0) is 5.41 Å². The first-order valence-corrected chi connectivity index (χ1v) is 7.44. The zero-order valence-corrected chi connectivity index (χ0v) is 13.4. The molecule has 1 aromatic carbocycles. The molecule has 0 bridgehead atoms. The van der Waals surface area contributed by atoms with E-state index in [9.17, 15) is 0 Å². The molecular weight excluding hydrogens is 331 g/mol. The fraction of sp³-hybridized carbons (Fsp3) is 0.294. The van der Waals surface area contributed by atoms with E-state index in [1.54, 1.807) is 0 Å². The summed E-state index contributed by atoms with van der Waals surface area (Å²) in [6.45, 7) is 10.7. The van der Waals surface area contributed by atoms with Crippen molar-refractivity contribution >= 4 is 28.2 Å². The van der Waals surface area contributed by atoms with E-state index in [0.29, 0.717) is 0 Å². The molecule has 94 valence electrons. The number of halogens is 1. The molecule has 0 aromatic heterocycles. The van der Waals surface area contributed by atoms with Crippen LogP contribution in [0.25, 0.3) is 5.57 Å². The molecule has 0 heterocycles. The van der Waals surface area contributed by atoms with Crippen molar-refractivity contribution in [3.63, 3.8) is 0 Å². The molecule has 2 rings (SSSR count). The SMILES string of the molecule is C=CC=C1/C(=C\CC)C(C)(C)c2cc(I)ccc21. The Labute approximate surface area is 124 Å². The summed E-state index contributed by atoms with van der Waals surface area (Å²) in [5.41, 5.74) is 5.66. The zero-order valence-electron chi connectivity index (χ0n) is 11.3. The molecule has 1 aliphatic rings. The van der Waals surface area contributed by atoms with Crippen LogP contribution in [0.1, 0.15) is 38.3 Å². The minimum atomic E-state index is 0.0986. The molecule has 0 atom stereocenters. The summed E-state index contributed by atoms with van der Waals surface area (Å²) < 4.78 is 1.30. The van der Waals surface area contributed by atoms with Gasteiger partial charge in [-0.3, -0.25) is 0 Å². The highest BCUT2D eigenvalue weighted by Crippen LogP contribution is 2.50. The van der Waals surface area contributed by atoms with Gasteiger partial charge < -0.3 is 0 Å². The number of hydrogen-bond donors (Lipinski definition) is 0. The van der Waals surface area contributed by atoms with Gasteiger partial charge in [0, 0.05) is 8.99 Å². The summed E-state index contributed by atoms with van der Waals surface area (Å²) in [5.74, 6) is 0. The van der Waals surface area contributed by atoms with E-state index >= 15 is 0 Å². The number of rotatable bonds is 2. The van der Waals surface area contributed by atoms with Crippen LogP contribution in [0.15, 0.2) is 48.6 Å². The van der Waals surface area contributed by atoms with Gasteiger partial charge in [-0.2, -0.15) is 0 Å². The number of benzene rings is 1. The maximum atomic E-state index is 3.85. The molecule has 0 aliphatic heterocycles. The van der Waals surface area contributed by atoms with Crippen molar-refractivity contribution in [1.29, 1.82) is 0 Å². The molecule has 18 heavy (non-hydrogen) atoms. The lowest BCUT2D eigenvalue weighted by molar-refractivity contribution is 0.657. The maximum absolute atomic E-state index is 3.85. The van der Waals surface area contributed by atoms with Crippen LogP contribution in [0.2, 0.25) is 0 Å². The minimum absolute atomic E-state index is 0.0986. The summed E-state index contributed by atoms with van der Waals surface area (Å²) in [5, 5.41) is 0. The van der Waals surface area contributed by atoms with Crippen molar-refractivity contribution < 1.29 is 0 Å². The second-order valence-corrected chi connectivity index (χ2v) is 6.40. The predicted molar refractivity (Wildman–Crippen MR) is 88.7 cm³/mol. The Kier molecular flexibility index (Phi) is 3.81. The first-order chi connectivity index (χ1) is 8.52. The Morgan fingerprint density at radius 3 is 2.67 bits per heavy atom. The lowest BCUT2D eigenvalue weighted by Gasteiger charge is -2.22. The molecular formula is C17H19I. The van der Waals surface area contributed by atoms with Crippen molar-refractivity contribution in [2.75, 3.05) is 0 Å². The van der Waals surface area contributed by atoms with Crippen LogP contribution >= 0.6 is 22.6 Å². The van der Waals surface area contributed by atoms with Gasteiger partial charge in [-0.15, -0.1) is 0 Å². The molecule has 0 nitrogen and oxygen atoms in total. The monoisotopic (exact) mass is 350 g/mol. The summed E-state index contributed by atoms with van der Waals surface area (Å²) in [7, 11) is 0. The van der Waals surface area contributed by atoms with Crippen molar-refractivity contribution in [1.82, 2.24) is 0 Å². The fourth-order valence-corrected chi connectivity index (χ4v) is 3.25. The lowest BCUT2D eigenvalue weighted by atomic mass is 9.82. The zero-order chi connectivity index (χ0) is 13.3. The highest BCUT2D eigenvalue weighted by atomic mass is 127. The largest absolute Gasteiger partial charge is 0.0990 e. The molecule has 0 saturated heterocycles.